The van der Waals surface area contributed by atoms with Gasteiger partial charge in [-0.3, -0.25) is 0 Å². The number of thiazole rings is 1. The molecule has 0 amide bonds. The van der Waals surface area contributed by atoms with Crippen molar-refractivity contribution in [3.8, 4) is 22.0 Å². The molecule has 0 saturated carbocycles. The van der Waals surface area contributed by atoms with Gasteiger partial charge in [0.15, 0.2) is 0 Å². The zero-order valence-corrected chi connectivity index (χ0v) is 15.6. The summed E-state index contributed by atoms with van der Waals surface area (Å²) in [5.41, 5.74) is 3.01. The molecule has 3 heterocycles. The van der Waals surface area contributed by atoms with E-state index in [4.69, 9.17) is 9.72 Å². The minimum absolute atomic E-state index is 0.703. The molecule has 0 unspecified atom stereocenters. The summed E-state index contributed by atoms with van der Waals surface area (Å²) in [6.45, 7) is 0. The van der Waals surface area contributed by atoms with Crippen molar-refractivity contribution >= 4 is 34.4 Å². The molecule has 25 heavy (non-hydrogen) atoms. The molecule has 0 aliphatic carbocycles. The second-order valence-electron chi connectivity index (χ2n) is 4.99. The highest BCUT2D eigenvalue weighted by molar-refractivity contribution is 7.98. The molecular weight excluding hydrogens is 374 g/mol. The molecule has 0 saturated heterocycles. The molecule has 1 aromatic carbocycles. The molecule has 9 heteroatoms. The van der Waals surface area contributed by atoms with Gasteiger partial charge >= 0.3 is 0 Å². The maximum absolute atomic E-state index is 5.40. The molecule has 0 radical (unpaired) electrons. The van der Waals surface area contributed by atoms with Crippen LogP contribution in [0.1, 0.15) is 5.69 Å². The lowest BCUT2D eigenvalue weighted by Gasteiger charge is -2.08. The van der Waals surface area contributed by atoms with Crippen LogP contribution < -0.4 is 4.74 Å². The van der Waals surface area contributed by atoms with Crippen LogP contribution in [-0.2, 0) is 5.75 Å². The fourth-order valence-electron chi connectivity index (χ4n) is 2.26. The second kappa shape index (κ2) is 7.34. The highest BCUT2D eigenvalue weighted by atomic mass is 32.2. The van der Waals surface area contributed by atoms with Gasteiger partial charge in [0.25, 0.3) is 0 Å². The Labute approximate surface area is 156 Å². The number of ether oxygens (including phenoxy) is 1. The molecule has 0 aliphatic heterocycles. The van der Waals surface area contributed by atoms with Gasteiger partial charge in [-0.15, -0.1) is 16.4 Å². The van der Waals surface area contributed by atoms with Gasteiger partial charge in [-0.1, -0.05) is 23.9 Å². The summed E-state index contributed by atoms with van der Waals surface area (Å²) in [6, 6.07) is 9.75. The van der Waals surface area contributed by atoms with Crippen LogP contribution in [0.2, 0.25) is 0 Å². The SMILES string of the molecule is COc1ccccc1-n1nnnc1SCc1csc(-c2ccsc2)n1. The number of aromatic nitrogens is 5. The fourth-order valence-corrected chi connectivity index (χ4v) is 4.67. The number of thioether (sulfide) groups is 1. The zero-order chi connectivity index (χ0) is 17.1. The molecular formula is C16H13N5OS3. The molecule has 6 nitrogen and oxygen atoms in total. The van der Waals surface area contributed by atoms with Crippen molar-refractivity contribution in [2.24, 2.45) is 0 Å². The molecule has 0 atom stereocenters. The third-order valence-corrected chi connectivity index (χ3v) is 6.00. The standard InChI is InChI=1S/C16H13N5OS3/c1-22-14-5-3-2-4-13(14)21-16(18-19-20-21)25-10-12-9-24-15(17-12)11-6-7-23-8-11/h2-9H,10H2,1H3. The smallest absolute Gasteiger partial charge is 0.214 e. The quantitative estimate of drug-likeness (QED) is 0.463. The number of nitrogens with zero attached hydrogens (tertiary/aromatic N) is 5. The van der Waals surface area contributed by atoms with Crippen LogP contribution in [0, 0.1) is 0 Å². The van der Waals surface area contributed by atoms with E-state index in [2.05, 4.69) is 37.7 Å². The number of rotatable bonds is 6. The van der Waals surface area contributed by atoms with Crippen molar-refractivity contribution in [2.75, 3.05) is 7.11 Å². The Morgan fingerprint density at radius 2 is 2.12 bits per heavy atom. The Morgan fingerprint density at radius 3 is 2.96 bits per heavy atom. The summed E-state index contributed by atoms with van der Waals surface area (Å²) >= 11 is 4.88. The third kappa shape index (κ3) is 3.44. The summed E-state index contributed by atoms with van der Waals surface area (Å²) in [5, 5.41) is 20.0. The number of hydrogen-bond acceptors (Lipinski definition) is 8. The van der Waals surface area contributed by atoms with Crippen LogP contribution in [0.5, 0.6) is 5.75 Å². The first-order chi connectivity index (χ1) is 12.3. The van der Waals surface area contributed by atoms with Crippen LogP contribution in [-0.4, -0.2) is 32.3 Å². The Hall–Kier alpha value is -2.23. The maximum atomic E-state index is 5.40. The first kappa shape index (κ1) is 16.2. The summed E-state index contributed by atoms with van der Waals surface area (Å²) in [5.74, 6) is 1.43. The van der Waals surface area contributed by atoms with Crippen LogP contribution in [0.15, 0.2) is 51.6 Å². The molecule has 0 bridgehead atoms. The number of thiophene rings is 1. The van der Waals surface area contributed by atoms with Crippen LogP contribution in [0.3, 0.4) is 0 Å². The fraction of sp³-hybridized carbons (Fsp3) is 0.125. The molecule has 126 valence electrons. The summed E-state index contributed by atoms with van der Waals surface area (Å²) in [4.78, 5) is 4.69. The molecule has 0 spiro atoms. The van der Waals surface area contributed by atoms with Crippen molar-refractivity contribution in [3.63, 3.8) is 0 Å². The Morgan fingerprint density at radius 1 is 1.20 bits per heavy atom. The van der Waals surface area contributed by atoms with Crippen LogP contribution >= 0.6 is 34.4 Å². The van der Waals surface area contributed by atoms with E-state index in [1.165, 1.54) is 5.56 Å². The Bertz CT molecular complexity index is 964. The molecule has 4 rings (SSSR count). The van der Waals surface area contributed by atoms with Crippen molar-refractivity contribution in [1.82, 2.24) is 25.2 Å². The van der Waals surface area contributed by atoms with E-state index in [1.54, 1.807) is 46.2 Å². The van der Waals surface area contributed by atoms with E-state index in [0.29, 0.717) is 10.9 Å². The molecule has 0 N–H and O–H groups in total. The minimum atomic E-state index is 0.703. The van der Waals surface area contributed by atoms with E-state index >= 15 is 0 Å². The Kier molecular flexibility index (Phi) is 4.77. The van der Waals surface area contributed by atoms with Gasteiger partial charge in [0.2, 0.25) is 5.16 Å². The number of benzene rings is 1. The highest BCUT2D eigenvalue weighted by Gasteiger charge is 2.14. The van der Waals surface area contributed by atoms with Gasteiger partial charge in [0.05, 0.1) is 12.8 Å². The Balaban J connectivity index is 1.52. The summed E-state index contributed by atoms with van der Waals surface area (Å²) in [7, 11) is 1.64. The lowest BCUT2D eigenvalue weighted by atomic mass is 10.3. The average molecular weight is 388 g/mol. The number of tetrazole rings is 1. The van der Waals surface area contributed by atoms with Crippen LogP contribution in [0.25, 0.3) is 16.3 Å². The van der Waals surface area contributed by atoms with Crippen molar-refractivity contribution in [3.05, 3.63) is 52.2 Å². The molecule has 3 aromatic heterocycles. The van der Waals surface area contributed by atoms with E-state index in [1.807, 2.05) is 24.3 Å². The normalized spacial score (nSPS) is 10.9. The van der Waals surface area contributed by atoms with Gasteiger partial charge in [-0.25, -0.2) is 4.98 Å². The zero-order valence-electron chi connectivity index (χ0n) is 13.2. The predicted octanol–water partition coefficient (Wildman–Crippen LogP) is 4.15. The number of para-hydroxylation sites is 2. The number of methoxy groups -OCH3 is 1. The summed E-state index contributed by atoms with van der Waals surface area (Å²) in [6.07, 6.45) is 0. The predicted molar refractivity (Wildman–Crippen MR) is 101 cm³/mol. The van der Waals surface area contributed by atoms with E-state index in [9.17, 15) is 0 Å². The first-order valence-corrected chi connectivity index (χ1v) is 10.2. The monoisotopic (exact) mass is 387 g/mol. The van der Waals surface area contributed by atoms with Gasteiger partial charge in [-0.05, 0) is 34.0 Å². The molecule has 4 aromatic rings. The number of hydrogen-bond donors (Lipinski definition) is 0. The van der Waals surface area contributed by atoms with Gasteiger partial charge in [0, 0.05) is 22.1 Å². The molecule has 0 fully saturated rings. The van der Waals surface area contributed by atoms with E-state index < -0.39 is 0 Å². The van der Waals surface area contributed by atoms with Crippen molar-refractivity contribution in [1.29, 1.82) is 0 Å². The summed E-state index contributed by atoms with van der Waals surface area (Å²) < 4.78 is 7.09. The van der Waals surface area contributed by atoms with Crippen molar-refractivity contribution in [2.45, 2.75) is 10.9 Å². The lowest BCUT2D eigenvalue weighted by Crippen LogP contribution is -2.01. The lowest BCUT2D eigenvalue weighted by molar-refractivity contribution is 0.410. The third-order valence-electron chi connectivity index (χ3n) is 3.42. The molecule has 0 aliphatic rings. The van der Waals surface area contributed by atoms with Crippen molar-refractivity contribution < 1.29 is 4.74 Å². The topological polar surface area (TPSA) is 65.7 Å². The van der Waals surface area contributed by atoms with Gasteiger partial charge in [0.1, 0.15) is 16.4 Å². The van der Waals surface area contributed by atoms with E-state index in [-0.39, 0.29) is 0 Å². The highest BCUT2D eigenvalue weighted by Crippen LogP contribution is 2.30. The minimum Gasteiger partial charge on any atom is -0.494 e. The average Bonchev–Trinajstić information content (AvgIpc) is 3.40. The maximum Gasteiger partial charge on any atom is 0.214 e. The second-order valence-corrected chi connectivity index (χ2v) is 7.57. The van der Waals surface area contributed by atoms with Gasteiger partial charge < -0.3 is 4.74 Å². The van der Waals surface area contributed by atoms with Crippen LogP contribution in [0.4, 0.5) is 0 Å². The van der Waals surface area contributed by atoms with Gasteiger partial charge in [-0.2, -0.15) is 16.0 Å². The largest absolute Gasteiger partial charge is 0.494 e. The first-order valence-electron chi connectivity index (χ1n) is 7.36. The van der Waals surface area contributed by atoms with E-state index in [0.717, 1.165) is 22.1 Å².